The molecule has 73 valence electrons. The second-order valence-electron chi connectivity index (χ2n) is 2.19. The fraction of sp³-hybridized carbons (Fsp3) is 0.875. The van der Waals surface area contributed by atoms with E-state index < -0.39 is 0 Å². The first-order chi connectivity index (χ1) is 5.91. The van der Waals surface area contributed by atoms with Gasteiger partial charge in [0, 0.05) is 19.8 Å². The summed E-state index contributed by atoms with van der Waals surface area (Å²) in [5, 5.41) is 8.43. The first-order valence-electron chi connectivity index (χ1n) is 4.05. The smallest absolute Gasteiger partial charge is 0.149 e. The third-order valence-corrected chi connectivity index (χ3v) is 1.17. The fourth-order valence-corrected chi connectivity index (χ4v) is 0.586. The molecule has 0 bridgehead atoms. The van der Waals surface area contributed by atoms with Gasteiger partial charge in [0.15, 0.2) is 0 Å². The molecule has 0 aromatic rings. The standard InChI is InChI=1S/C8H17O4/c1-2-10-7-12-8-11-6-4-3-5-9/h9H,1-8H2. The SMILES string of the molecule is [CH2]COCOCOCCCCO. The Hall–Kier alpha value is -0.160. The van der Waals surface area contributed by atoms with E-state index in [1.54, 1.807) is 0 Å². The van der Waals surface area contributed by atoms with Crippen LogP contribution in [0.5, 0.6) is 0 Å². The molecule has 1 N–H and O–H groups in total. The van der Waals surface area contributed by atoms with E-state index in [1.165, 1.54) is 0 Å². The summed E-state index contributed by atoms with van der Waals surface area (Å²) < 4.78 is 14.8. The number of hydrogen-bond acceptors (Lipinski definition) is 4. The van der Waals surface area contributed by atoms with Crippen molar-refractivity contribution in [1.82, 2.24) is 0 Å². The van der Waals surface area contributed by atoms with Crippen molar-refractivity contribution in [2.24, 2.45) is 0 Å². The van der Waals surface area contributed by atoms with Crippen molar-refractivity contribution in [3.8, 4) is 0 Å². The molecule has 0 unspecified atom stereocenters. The molecule has 12 heavy (non-hydrogen) atoms. The molecule has 1 radical (unpaired) electrons. The van der Waals surface area contributed by atoms with Crippen molar-refractivity contribution in [2.75, 3.05) is 33.4 Å². The molecule has 0 saturated heterocycles. The number of unbranched alkanes of at least 4 members (excludes halogenated alkanes) is 1. The fourth-order valence-electron chi connectivity index (χ4n) is 0.586. The summed E-state index contributed by atoms with van der Waals surface area (Å²) in [6, 6.07) is 0. The zero-order valence-corrected chi connectivity index (χ0v) is 7.33. The predicted octanol–water partition coefficient (Wildman–Crippen LogP) is 0.558. The van der Waals surface area contributed by atoms with Gasteiger partial charge in [-0.2, -0.15) is 0 Å². The molecule has 4 heteroatoms. The number of ether oxygens (including phenoxy) is 3. The van der Waals surface area contributed by atoms with Gasteiger partial charge in [-0.05, 0) is 19.8 Å². The van der Waals surface area contributed by atoms with Crippen molar-refractivity contribution < 1.29 is 19.3 Å². The number of rotatable bonds is 9. The maximum Gasteiger partial charge on any atom is 0.149 e. The quantitative estimate of drug-likeness (QED) is 0.413. The summed E-state index contributed by atoms with van der Waals surface area (Å²) in [5.74, 6) is 0. The summed E-state index contributed by atoms with van der Waals surface area (Å²) in [5.41, 5.74) is 0. The highest BCUT2D eigenvalue weighted by molar-refractivity contribution is 4.33. The molecular weight excluding hydrogens is 160 g/mol. The van der Waals surface area contributed by atoms with E-state index in [9.17, 15) is 0 Å². The Kier molecular flexibility index (Phi) is 10.7. The highest BCUT2D eigenvalue weighted by Crippen LogP contribution is 1.88. The molecule has 0 aliphatic heterocycles. The van der Waals surface area contributed by atoms with Crippen molar-refractivity contribution in [2.45, 2.75) is 12.8 Å². The zero-order valence-electron chi connectivity index (χ0n) is 7.33. The minimum Gasteiger partial charge on any atom is -0.396 e. The maximum absolute atomic E-state index is 8.43. The molecule has 0 rings (SSSR count). The van der Waals surface area contributed by atoms with Gasteiger partial charge in [-0.15, -0.1) is 0 Å². The molecule has 0 aliphatic carbocycles. The minimum absolute atomic E-state index is 0.217. The Balaban J connectivity index is 2.73. The molecule has 0 aromatic heterocycles. The Morgan fingerprint density at radius 1 is 1.00 bits per heavy atom. The van der Waals surface area contributed by atoms with E-state index in [2.05, 4.69) is 6.92 Å². The van der Waals surface area contributed by atoms with Crippen molar-refractivity contribution in [3.05, 3.63) is 6.92 Å². The second kappa shape index (κ2) is 10.8. The lowest BCUT2D eigenvalue weighted by molar-refractivity contribution is -0.127. The second-order valence-corrected chi connectivity index (χ2v) is 2.19. The lowest BCUT2D eigenvalue weighted by atomic mass is 10.3. The van der Waals surface area contributed by atoms with Crippen molar-refractivity contribution >= 4 is 0 Å². The Bertz CT molecular complexity index is 67.5. The van der Waals surface area contributed by atoms with Crippen LogP contribution in [0.15, 0.2) is 0 Å². The van der Waals surface area contributed by atoms with E-state index in [0.717, 1.165) is 12.8 Å². The Morgan fingerprint density at radius 2 is 1.75 bits per heavy atom. The molecule has 0 atom stereocenters. The van der Waals surface area contributed by atoms with Crippen molar-refractivity contribution in [1.29, 1.82) is 0 Å². The lowest BCUT2D eigenvalue weighted by Gasteiger charge is -2.04. The van der Waals surface area contributed by atoms with Crippen LogP contribution in [0.2, 0.25) is 0 Å². The monoisotopic (exact) mass is 177 g/mol. The van der Waals surface area contributed by atoms with Gasteiger partial charge in [-0.25, -0.2) is 0 Å². The Labute approximate surface area is 73.4 Å². The molecule has 0 aromatic carbocycles. The molecule has 0 aliphatic rings. The van der Waals surface area contributed by atoms with E-state index in [4.69, 9.17) is 19.3 Å². The van der Waals surface area contributed by atoms with Crippen LogP contribution in [-0.4, -0.2) is 38.5 Å². The predicted molar refractivity (Wildman–Crippen MR) is 44.4 cm³/mol. The van der Waals surface area contributed by atoms with Crippen LogP contribution in [0.1, 0.15) is 12.8 Å². The van der Waals surface area contributed by atoms with Crippen molar-refractivity contribution in [3.63, 3.8) is 0 Å². The van der Waals surface area contributed by atoms with Crippen LogP contribution in [0.3, 0.4) is 0 Å². The summed E-state index contributed by atoms with van der Waals surface area (Å²) in [6.45, 7) is 5.18. The highest BCUT2D eigenvalue weighted by Gasteiger charge is 1.88. The molecule has 0 fully saturated rings. The van der Waals surface area contributed by atoms with Crippen LogP contribution in [0.25, 0.3) is 0 Å². The molecule has 0 spiro atoms. The van der Waals surface area contributed by atoms with E-state index in [1.807, 2.05) is 0 Å². The van der Waals surface area contributed by atoms with Crippen LogP contribution < -0.4 is 0 Å². The molecule has 0 heterocycles. The van der Waals surface area contributed by atoms with Crippen LogP contribution in [0.4, 0.5) is 0 Å². The van der Waals surface area contributed by atoms with Crippen LogP contribution in [0, 0.1) is 6.92 Å². The minimum atomic E-state index is 0.217. The summed E-state index contributed by atoms with van der Waals surface area (Å²) in [7, 11) is 0. The largest absolute Gasteiger partial charge is 0.396 e. The lowest BCUT2D eigenvalue weighted by Crippen LogP contribution is -2.05. The molecule has 0 amide bonds. The van der Waals surface area contributed by atoms with Crippen LogP contribution in [-0.2, 0) is 14.2 Å². The molecule has 4 nitrogen and oxygen atoms in total. The average Bonchev–Trinajstić information content (AvgIpc) is 2.10. The van der Waals surface area contributed by atoms with Gasteiger partial charge in [0.25, 0.3) is 0 Å². The maximum atomic E-state index is 8.43. The molecule has 0 saturated carbocycles. The third-order valence-electron chi connectivity index (χ3n) is 1.17. The third kappa shape index (κ3) is 9.84. The highest BCUT2D eigenvalue weighted by atomic mass is 16.7. The molecular formula is C8H17O4. The average molecular weight is 177 g/mol. The Morgan fingerprint density at radius 3 is 2.42 bits per heavy atom. The number of aliphatic hydroxyl groups is 1. The van der Waals surface area contributed by atoms with E-state index in [-0.39, 0.29) is 20.2 Å². The summed E-state index contributed by atoms with van der Waals surface area (Å²) in [6.07, 6.45) is 1.63. The van der Waals surface area contributed by atoms with Gasteiger partial charge >= 0.3 is 0 Å². The summed E-state index contributed by atoms with van der Waals surface area (Å²) >= 11 is 0. The van der Waals surface area contributed by atoms with Gasteiger partial charge in [0.1, 0.15) is 13.6 Å². The van der Waals surface area contributed by atoms with Gasteiger partial charge in [0.05, 0.1) is 0 Å². The first-order valence-corrected chi connectivity index (χ1v) is 4.05. The topological polar surface area (TPSA) is 47.9 Å². The normalized spacial score (nSPS) is 10.5. The van der Waals surface area contributed by atoms with E-state index in [0.29, 0.717) is 13.2 Å². The number of aliphatic hydroxyl groups excluding tert-OH is 1. The number of hydrogen-bond donors (Lipinski definition) is 1. The van der Waals surface area contributed by atoms with Gasteiger partial charge in [-0.1, -0.05) is 0 Å². The van der Waals surface area contributed by atoms with Gasteiger partial charge < -0.3 is 19.3 Å². The van der Waals surface area contributed by atoms with Gasteiger partial charge in [0.2, 0.25) is 0 Å². The van der Waals surface area contributed by atoms with Crippen LogP contribution >= 0.6 is 0 Å². The van der Waals surface area contributed by atoms with E-state index >= 15 is 0 Å². The zero-order chi connectivity index (χ0) is 9.07. The first kappa shape index (κ1) is 11.8. The van der Waals surface area contributed by atoms with Gasteiger partial charge in [-0.3, -0.25) is 0 Å². The summed E-state index contributed by atoms with van der Waals surface area (Å²) in [4.78, 5) is 0.